The minimum absolute atomic E-state index is 0.0515. The highest BCUT2D eigenvalue weighted by Gasteiger charge is 2.17. The fourth-order valence-corrected chi connectivity index (χ4v) is 1.92. The molecule has 0 atom stereocenters. The van der Waals surface area contributed by atoms with E-state index in [9.17, 15) is 9.59 Å². The molecule has 0 saturated carbocycles. The molecule has 0 aliphatic rings. The molecule has 0 fully saturated rings. The van der Waals surface area contributed by atoms with Crippen molar-refractivity contribution in [3.63, 3.8) is 0 Å². The van der Waals surface area contributed by atoms with Gasteiger partial charge in [-0.15, -0.1) is 0 Å². The first kappa shape index (κ1) is 17.1. The normalized spacial score (nSPS) is 10.4. The van der Waals surface area contributed by atoms with Gasteiger partial charge in [0.05, 0.1) is 25.2 Å². The molecule has 1 aromatic carbocycles. The number of rotatable bonds is 9. The van der Waals surface area contributed by atoms with Gasteiger partial charge in [0.2, 0.25) is 5.91 Å². The molecule has 6 nitrogen and oxygen atoms in total. The summed E-state index contributed by atoms with van der Waals surface area (Å²) in [6, 6.07) is 6.53. The van der Waals surface area contributed by atoms with Crippen molar-refractivity contribution in [3.8, 4) is 0 Å². The topological polar surface area (TPSA) is 76.1 Å². The Labute approximate surface area is 124 Å². The minimum Gasteiger partial charge on any atom is -0.478 e. The van der Waals surface area contributed by atoms with Crippen LogP contribution in [0.25, 0.3) is 0 Å². The molecule has 0 heterocycles. The van der Waals surface area contributed by atoms with E-state index < -0.39 is 5.97 Å². The predicted molar refractivity (Wildman–Crippen MR) is 77.4 cm³/mol. The lowest BCUT2D eigenvalue weighted by molar-refractivity contribution is -0.131. The van der Waals surface area contributed by atoms with Crippen molar-refractivity contribution >= 4 is 11.9 Å². The maximum Gasteiger partial charge on any atom is 0.335 e. The summed E-state index contributed by atoms with van der Waals surface area (Å²) in [5, 5.41) is 9.14. The van der Waals surface area contributed by atoms with Gasteiger partial charge in [0.25, 0.3) is 0 Å². The maximum absolute atomic E-state index is 12.3. The summed E-state index contributed by atoms with van der Waals surface area (Å²) in [6.45, 7) is 1.76. The summed E-state index contributed by atoms with van der Waals surface area (Å²) in [5.41, 5.74) is 0.666. The highest BCUT2D eigenvalue weighted by atomic mass is 16.5. The Hall–Kier alpha value is -1.92. The second-order valence-corrected chi connectivity index (χ2v) is 4.51. The molecule has 0 aromatic heterocycles. The van der Waals surface area contributed by atoms with E-state index in [4.69, 9.17) is 14.6 Å². The summed E-state index contributed by atoms with van der Waals surface area (Å²) in [4.78, 5) is 25.1. The molecule has 0 saturated heterocycles. The molecule has 6 heteroatoms. The number of carboxylic acid groups (broad SMARTS) is 1. The lowest BCUT2D eigenvalue weighted by Gasteiger charge is -2.22. The van der Waals surface area contributed by atoms with Crippen molar-refractivity contribution in [2.75, 3.05) is 40.5 Å². The molecule has 0 bridgehead atoms. The van der Waals surface area contributed by atoms with Crippen LogP contribution in [0.2, 0.25) is 0 Å². The first-order valence-electron chi connectivity index (χ1n) is 6.67. The Morgan fingerprint density at radius 3 is 2.19 bits per heavy atom. The van der Waals surface area contributed by atoms with E-state index in [0.29, 0.717) is 31.9 Å². The van der Waals surface area contributed by atoms with Gasteiger partial charge in [-0.25, -0.2) is 4.79 Å². The molecule has 0 radical (unpaired) electrons. The third-order valence-electron chi connectivity index (χ3n) is 3.07. The van der Waals surface area contributed by atoms with Crippen LogP contribution in [-0.4, -0.2) is 62.4 Å². The summed E-state index contributed by atoms with van der Waals surface area (Å²) in [7, 11) is 3.14. The Kier molecular flexibility index (Phi) is 7.42. The number of carboxylic acids is 1. The number of nitrogens with zero attached hydrogens (tertiary/aromatic N) is 1. The Morgan fingerprint density at radius 1 is 1.10 bits per heavy atom. The number of ether oxygens (including phenoxy) is 2. The van der Waals surface area contributed by atoms with Gasteiger partial charge in [0.15, 0.2) is 0 Å². The van der Waals surface area contributed by atoms with Crippen LogP contribution in [0.4, 0.5) is 0 Å². The molecular formula is C15H21NO5. The monoisotopic (exact) mass is 295 g/mol. The number of carbonyl (C=O) groups is 2. The van der Waals surface area contributed by atoms with Crippen LogP contribution in [0, 0.1) is 0 Å². The molecule has 1 amide bonds. The quantitative estimate of drug-likeness (QED) is 0.737. The SMILES string of the molecule is COCCN(CCOC)C(=O)Cc1ccccc1C(=O)O. The molecule has 1 rings (SSSR count). The summed E-state index contributed by atoms with van der Waals surface area (Å²) < 4.78 is 9.97. The third kappa shape index (κ3) is 5.53. The van der Waals surface area contributed by atoms with Gasteiger partial charge >= 0.3 is 5.97 Å². The van der Waals surface area contributed by atoms with E-state index in [1.54, 1.807) is 37.3 Å². The number of carbonyl (C=O) groups excluding carboxylic acids is 1. The summed E-state index contributed by atoms with van der Waals surface area (Å²) in [5.74, 6) is -1.17. The predicted octanol–water partition coefficient (Wildman–Crippen LogP) is 1.05. The zero-order chi connectivity index (χ0) is 15.7. The molecule has 0 unspecified atom stereocenters. The standard InChI is InChI=1S/C15H21NO5/c1-20-9-7-16(8-10-21-2)14(17)11-12-5-3-4-6-13(12)15(18)19/h3-6H,7-11H2,1-2H3,(H,18,19). The molecule has 116 valence electrons. The first-order valence-corrected chi connectivity index (χ1v) is 6.67. The smallest absolute Gasteiger partial charge is 0.335 e. The van der Waals surface area contributed by atoms with Gasteiger partial charge in [0, 0.05) is 27.3 Å². The van der Waals surface area contributed by atoms with E-state index >= 15 is 0 Å². The Bertz CT molecular complexity index is 467. The van der Waals surface area contributed by atoms with E-state index in [0.717, 1.165) is 0 Å². The van der Waals surface area contributed by atoms with Crippen molar-refractivity contribution in [1.29, 1.82) is 0 Å². The summed E-state index contributed by atoms with van der Waals surface area (Å²) in [6.07, 6.45) is 0.0515. The summed E-state index contributed by atoms with van der Waals surface area (Å²) >= 11 is 0. The largest absolute Gasteiger partial charge is 0.478 e. The number of benzene rings is 1. The van der Waals surface area contributed by atoms with Gasteiger partial charge in [-0.2, -0.15) is 0 Å². The number of hydrogen-bond acceptors (Lipinski definition) is 4. The zero-order valence-corrected chi connectivity index (χ0v) is 12.4. The van der Waals surface area contributed by atoms with Gasteiger partial charge in [-0.05, 0) is 11.6 Å². The Morgan fingerprint density at radius 2 is 1.67 bits per heavy atom. The van der Waals surface area contributed by atoms with Gasteiger partial charge in [0.1, 0.15) is 0 Å². The third-order valence-corrected chi connectivity index (χ3v) is 3.07. The average Bonchev–Trinajstić information content (AvgIpc) is 2.47. The van der Waals surface area contributed by atoms with E-state index in [-0.39, 0.29) is 17.9 Å². The molecule has 21 heavy (non-hydrogen) atoms. The van der Waals surface area contributed by atoms with E-state index in [2.05, 4.69) is 0 Å². The number of aromatic carboxylic acids is 1. The van der Waals surface area contributed by atoms with Gasteiger partial charge < -0.3 is 19.5 Å². The minimum atomic E-state index is -1.03. The maximum atomic E-state index is 12.3. The van der Waals surface area contributed by atoms with Crippen molar-refractivity contribution in [3.05, 3.63) is 35.4 Å². The molecule has 0 spiro atoms. The fourth-order valence-electron chi connectivity index (χ4n) is 1.92. The van der Waals surface area contributed by atoms with Crippen LogP contribution < -0.4 is 0 Å². The van der Waals surface area contributed by atoms with Crippen LogP contribution in [0.1, 0.15) is 15.9 Å². The van der Waals surface area contributed by atoms with Crippen molar-refractivity contribution < 1.29 is 24.2 Å². The first-order chi connectivity index (χ1) is 10.1. The molecule has 0 aliphatic heterocycles. The van der Waals surface area contributed by atoms with E-state index in [1.165, 1.54) is 6.07 Å². The average molecular weight is 295 g/mol. The van der Waals surface area contributed by atoms with Crippen molar-refractivity contribution in [2.24, 2.45) is 0 Å². The second kappa shape index (κ2) is 9.10. The van der Waals surface area contributed by atoms with E-state index in [1.807, 2.05) is 0 Å². The second-order valence-electron chi connectivity index (χ2n) is 4.51. The van der Waals surface area contributed by atoms with Crippen molar-refractivity contribution in [2.45, 2.75) is 6.42 Å². The lowest BCUT2D eigenvalue weighted by atomic mass is 10.0. The van der Waals surface area contributed by atoms with Gasteiger partial charge in [-0.1, -0.05) is 18.2 Å². The molecule has 0 aliphatic carbocycles. The van der Waals surface area contributed by atoms with Crippen LogP contribution in [0.15, 0.2) is 24.3 Å². The number of hydrogen-bond donors (Lipinski definition) is 1. The number of amides is 1. The molecule has 1 aromatic rings. The van der Waals surface area contributed by atoms with Crippen LogP contribution in [0.5, 0.6) is 0 Å². The van der Waals surface area contributed by atoms with Crippen LogP contribution in [-0.2, 0) is 20.7 Å². The Balaban J connectivity index is 2.78. The molecular weight excluding hydrogens is 274 g/mol. The fraction of sp³-hybridized carbons (Fsp3) is 0.467. The van der Waals surface area contributed by atoms with Crippen LogP contribution >= 0.6 is 0 Å². The lowest BCUT2D eigenvalue weighted by Crippen LogP contribution is -2.37. The highest BCUT2D eigenvalue weighted by molar-refractivity contribution is 5.91. The van der Waals surface area contributed by atoms with Gasteiger partial charge in [-0.3, -0.25) is 4.79 Å². The van der Waals surface area contributed by atoms with Crippen LogP contribution in [0.3, 0.4) is 0 Å². The van der Waals surface area contributed by atoms with Crippen molar-refractivity contribution in [1.82, 2.24) is 4.90 Å². The molecule has 1 N–H and O–H groups in total. The highest BCUT2D eigenvalue weighted by Crippen LogP contribution is 2.11. The zero-order valence-electron chi connectivity index (χ0n) is 12.4. The number of methoxy groups -OCH3 is 2.